The number of rotatable bonds is 9. The second kappa shape index (κ2) is 8.84. The molecule has 1 aliphatic rings. The molecule has 0 radical (unpaired) electrons. The molecular formula is C21H26FN3O4. The van der Waals surface area contributed by atoms with Crippen LogP contribution in [0.4, 0.5) is 4.39 Å². The van der Waals surface area contributed by atoms with Crippen molar-refractivity contribution in [3.05, 3.63) is 42.0 Å². The van der Waals surface area contributed by atoms with E-state index in [1.807, 2.05) is 6.92 Å². The van der Waals surface area contributed by atoms with Crippen LogP contribution in [-0.2, 0) is 4.74 Å². The van der Waals surface area contributed by atoms with Crippen LogP contribution in [0.5, 0.6) is 5.88 Å². The maximum absolute atomic E-state index is 13.3. The van der Waals surface area contributed by atoms with E-state index in [9.17, 15) is 14.3 Å². The smallest absolute Gasteiger partial charge is 0.271 e. The number of carbonyl (C=O) groups is 1. The fourth-order valence-corrected chi connectivity index (χ4v) is 2.85. The second-order valence-electron chi connectivity index (χ2n) is 7.59. The fourth-order valence-electron chi connectivity index (χ4n) is 2.85. The molecule has 156 valence electrons. The van der Waals surface area contributed by atoms with Crippen LogP contribution in [0.2, 0.25) is 0 Å². The van der Waals surface area contributed by atoms with Gasteiger partial charge in [0.25, 0.3) is 5.91 Å². The molecule has 3 rings (SSSR count). The first kappa shape index (κ1) is 21.1. The lowest BCUT2D eigenvalue weighted by molar-refractivity contribution is 0.0353. The van der Waals surface area contributed by atoms with Crippen molar-refractivity contribution in [1.29, 1.82) is 0 Å². The van der Waals surface area contributed by atoms with Crippen LogP contribution in [0.25, 0.3) is 11.3 Å². The van der Waals surface area contributed by atoms with Crippen LogP contribution in [0.15, 0.2) is 30.5 Å². The van der Waals surface area contributed by atoms with Crippen LogP contribution in [-0.4, -0.2) is 52.9 Å². The van der Waals surface area contributed by atoms with Gasteiger partial charge in [0.1, 0.15) is 23.8 Å². The van der Waals surface area contributed by atoms with Crippen LogP contribution in [0, 0.1) is 11.7 Å². The van der Waals surface area contributed by atoms with Gasteiger partial charge in [0.15, 0.2) is 0 Å². The summed E-state index contributed by atoms with van der Waals surface area (Å²) in [6, 6.07) is 5.70. The molecule has 29 heavy (non-hydrogen) atoms. The van der Waals surface area contributed by atoms with E-state index in [1.54, 1.807) is 26.2 Å². The number of aliphatic hydroxyl groups is 1. The number of methoxy groups -OCH3 is 1. The Bertz CT molecular complexity index is 854. The molecule has 1 aromatic heterocycles. The summed E-state index contributed by atoms with van der Waals surface area (Å²) in [5.41, 5.74) is 0.0407. The maximum atomic E-state index is 13.3. The van der Waals surface area contributed by atoms with Crippen molar-refractivity contribution in [2.45, 2.75) is 38.4 Å². The van der Waals surface area contributed by atoms with Crippen molar-refractivity contribution < 1.29 is 23.8 Å². The maximum Gasteiger partial charge on any atom is 0.271 e. The molecule has 1 aromatic carbocycles. The van der Waals surface area contributed by atoms with Crippen molar-refractivity contribution >= 4 is 5.91 Å². The Morgan fingerprint density at radius 2 is 2.07 bits per heavy atom. The summed E-state index contributed by atoms with van der Waals surface area (Å²) in [6.07, 6.45) is 3.08. The van der Waals surface area contributed by atoms with Gasteiger partial charge < -0.3 is 19.9 Å². The van der Waals surface area contributed by atoms with E-state index in [1.165, 1.54) is 18.3 Å². The summed E-state index contributed by atoms with van der Waals surface area (Å²) in [4.78, 5) is 21.2. The predicted molar refractivity (Wildman–Crippen MR) is 105 cm³/mol. The highest BCUT2D eigenvalue weighted by Gasteiger charge is 2.40. The van der Waals surface area contributed by atoms with Crippen molar-refractivity contribution in [1.82, 2.24) is 15.3 Å². The van der Waals surface area contributed by atoms with Crippen LogP contribution in [0.3, 0.4) is 0 Å². The minimum atomic E-state index is -0.942. The first-order valence-electron chi connectivity index (χ1n) is 9.59. The fraction of sp³-hybridized carbons (Fsp3) is 0.476. The minimum Gasteiger partial charge on any atom is -0.473 e. The van der Waals surface area contributed by atoms with Gasteiger partial charge >= 0.3 is 0 Å². The molecule has 0 saturated heterocycles. The first-order chi connectivity index (χ1) is 13.8. The Morgan fingerprint density at radius 1 is 1.38 bits per heavy atom. The van der Waals surface area contributed by atoms with Gasteiger partial charge in [-0.1, -0.05) is 0 Å². The molecule has 2 N–H and O–H groups in total. The van der Waals surface area contributed by atoms with Crippen molar-refractivity contribution in [3.63, 3.8) is 0 Å². The molecule has 0 aliphatic heterocycles. The summed E-state index contributed by atoms with van der Waals surface area (Å²) in [7, 11) is 1.57. The minimum absolute atomic E-state index is 0.0862. The lowest BCUT2D eigenvalue weighted by atomic mass is 10.0. The molecule has 7 nitrogen and oxygen atoms in total. The zero-order valence-corrected chi connectivity index (χ0v) is 16.8. The zero-order valence-electron chi connectivity index (χ0n) is 16.8. The van der Waals surface area contributed by atoms with Crippen molar-refractivity contribution in [2.24, 2.45) is 5.92 Å². The molecule has 1 amide bonds. The largest absolute Gasteiger partial charge is 0.473 e. The number of ether oxygens (including phenoxy) is 2. The lowest BCUT2D eigenvalue weighted by Gasteiger charge is -2.23. The molecule has 1 saturated carbocycles. The molecule has 0 bridgehead atoms. The normalized spacial score (nSPS) is 16.7. The third-order valence-corrected chi connectivity index (χ3v) is 5.01. The van der Waals surface area contributed by atoms with E-state index in [0.29, 0.717) is 11.3 Å². The number of amides is 1. The molecular weight excluding hydrogens is 377 g/mol. The number of nitrogens with zero attached hydrogens (tertiary/aromatic N) is 2. The van der Waals surface area contributed by atoms with E-state index < -0.39 is 11.5 Å². The number of halogens is 1. The predicted octanol–water partition coefficient (Wildman–Crippen LogP) is 2.59. The molecule has 1 aliphatic carbocycles. The van der Waals surface area contributed by atoms with Crippen LogP contribution >= 0.6 is 0 Å². The quantitative estimate of drug-likeness (QED) is 0.669. The summed E-state index contributed by atoms with van der Waals surface area (Å²) >= 11 is 0. The molecule has 2 atom stereocenters. The number of hydrogen-bond donors (Lipinski definition) is 2. The van der Waals surface area contributed by atoms with E-state index in [0.717, 1.165) is 12.8 Å². The second-order valence-corrected chi connectivity index (χ2v) is 7.59. The molecule has 1 fully saturated rings. The molecule has 0 spiro atoms. The highest BCUT2D eigenvalue weighted by molar-refractivity contribution is 5.92. The SMILES string of the molecule is CO[C@@H](C)COc1ncc(C(=O)NCC(C)(O)C2CC2)nc1-c1ccc(F)cc1. The Balaban J connectivity index is 1.81. The number of benzene rings is 1. The highest BCUT2D eigenvalue weighted by Crippen LogP contribution is 2.39. The number of aromatic nitrogens is 2. The van der Waals surface area contributed by atoms with Crippen LogP contribution < -0.4 is 10.1 Å². The third-order valence-electron chi connectivity index (χ3n) is 5.01. The first-order valence-corrected chi connectivity index (χ1v) is 9.59. The monoisotopic (exact) mass is 403 g/mol. The van der Waals surface area contributed by atoms with Gasteiger partial charge in [0, 0.05) is 19.2 Å². The Hall–Kier alpha value is -2.58. The lowest BCUT2D eigenvalue weighted by Crippen LogP contribution is -2.42. The Morgan fingerprint density at radius 3 is 2.69 bits per heavy atom. The summed E-state index contributed by atoms with van der Waals surface area (Å²) in [5.74, 6) is -0.392. The van der Waals surface area contributed by atoms with Crippen molar-refractivity contribution in [2.75, 3.05) is 20.3 Å². The van der Waals surface area contributed by atoms with Gasteiger partial charge in [0.05, 0.1) is 17.9 Å². The third kappa shape index (κ3) is 5.48. The van der Waals surface area contributed by atoms with Crippen molar-refractivity contribution in [3.8, 4) is 17.1 Å². The molecule has 2 aromatic rings. The van der Waals surface area contributed by atoms with Gasteiger partial charge in [-0.05, 0) is 56.9 Å². The van der Waals surface area contributed by atoms with Gasteiger partial charge in [-0.3, -0.25) is 4.79 Å². The highest BCUT2D eigenvalue weighted by atomic mass is 19.1. The summed E-state index contributed by atoms with van der Waals surface area (Å²) in [5, 5.41) is 13.1. The van der Waals surface area contributed by atoms with Gasteiger partial charge in [-0.2, -0.15) is 0 Å². The topological polar surface area (TPSA) is 93.6 Å². The van der Waals surface area contributed by atoms with E-state index >= 15 is 0 Å². The standard InChI is InChI=1S/C21H26FN3O4/c1-13(28-3)11-29-20-18(14-4-8-16(22)9-5-14)25-17(10-23-20)19(26)24-12-21(2,27)15-6-7-15/h4-5,8-10,13,15,27H,6-7,11-12H2,1-3H3,(H,24,26)/t13-,21?/m0/s1. The van der Waals surface area contributed by atoms with E-state index in [4.69, 9.17) is 9.47 Å². The number of carbonyl (C=O) groups excluding carboxylic acids is 1. The molecule has 8 heteroatoms. The van der Waals surface area contributed by atoms with E-state index in [-0.39, 0.29) is 42.6 Å². The number of nitrogens with one attached hydrogen (secondary N) is 1. The molecule has 1 heterocycles. The average molecular weight is 403 g/mol. The Labute approximate surface area is 169 Å². The Kier molecular flexibility index (Phi) is 6.44. The van der Waals surface area contributed by atoms with Gasteiger partial charge in [0.2, 0.25) is 5.88 Å². The molecule has 1 unspecified atom stereocenters. The number of hydrogen-bond acceptors (Lipinski definition) is 6. The average Bonchev–Trinajstić information content (AvgIpc) is 3.57. The van der Waals surface area contributed by atoms with E-state index in [2.05, 4.69) is 15.3 Å². The van der Waals surface area contributed by atoms with Gasteiger partial charge in [-0.15, -0.1) is 0 Å². The van der Waals surface area contributed by atoms with Crippen LogP contribution in [0.1, 0.15) is 37.2 Å². The zero-order chi connectivity index (χ0) is 21.0. The van der Waals surface area contributed by atoms with Gasteiger partial charge in [-0.25, -0.2) is 14.4 Å². The summed E-state index contributed by atoms with van der Waals surface area (Å²) < 4.78 is 24.2. The summed E-state index contributed by atoms with van der Waals surface area (Å²) in [6.45, 7) is 3.94.